The number of nitriles is 1. The smallest absolute Gasteiger partial charge is 0.264 e. The summed E-state index contributed by atoms with van der Waals surface area (Å²) in [6.07, 6.45) is 2.45. The number of hydrogen-bond donors (Lipinski definition) is 2. The molecule has 8 heteroatoms. The van der Waals surface area contributed by atoms with Gasteiger partial charge in [-0.1, -0.05) is 6.07 Å². The van der Waals surface area contributed by atoms with Crippen molar-refractivity contribution in [3.05, 3.63) is 42.2 Å². The molecule has 21 heavy (non-hydrogen) atoms. The molecular formula is C13H13N5O2S. The van der Waals surface area contributed by atoms with Crippen LogP contribution in [-0.4, -0.2) is 24.9 Å². The van der Waals surface area contributed by atoms with E-state index in [4.69, 9.17) is 5.26 Å². The summed E-state index contributed by atoms with van der Waals surface area (Å²) < 4.78 is 26.7. The van der Waals surface area contributed by atoms with Crippen LogP contribution in [0, 0.1) is 11.3 Å². The van der Waals surface area contributed by atoms with Gasteiger partial charge in [-0.3, -0.25) is 4.72 Å². The first-order valence-electron chi connectivity index (χ1n) is 6.14. The third-order valence-electron chi connectivity index (χ3n) is 2.52. The number of hydrogen-bond acceptors (Lipinski definition) is 6. The molecule has 2 N–H and O–H groups in total. The molecule has 0 saturated carbocycles. The quantitative estimate of drug-likeness (QED) is 0.868. The molecule has 0 aliphatic heterocycles. The van der Waals surface area contributed by atoms with Crippen LogP contribution in [0.2, 0.25) is 0 Å². The predicted octanol–water partition coefficient (Wildman–Crippen LogP) is 1.58. The van der Waals surface area contributed by atoms with Crippen LogP contribution in [0.15, 0.2) is 41.6 Å². The third-order valence-corrected chi connectivity index (χ3v) is 3.85. The van der Waals surface area contributed by atoms with Crippen molar-refractivity contribution in [1.82, 2.24) is 9.97 Å². The Hall–Kier alpha value is -2.66. The highest BCUT2D eigenvalue weighted by molar-refractivity contribution is 7.92. The minimum atomic E-state index is -3.78. The zero-order valence-corrected chi connectivity index (χ0v) is 12.1. The average molecular weight is 303 g/mol. The summed E-state index contributed by atoms with van der Waals surface area (Å²) in [7, 11) is -3.78. The Bertz CT molecular complexity index is 766. The molecule has 1 aromatic carbocycles. The summed E-state index contributed by atoms with van der Waals surface area (Å²) >= 11 is 0. The van der Waals surface area contributed by atoms with Gasteiger partial charge in [0.25, 0.3) is 10.0 Å². The third kappa shape index (κ3) is 3.67. The van der Waals surface area contributed by atoms with Crippen LogP contribution in [0.4, 0.5) is 11.6 Å². The lowest BCUT2D eigenvalue weighted by Gasteiger charge is -2.08. The Labute approximate surface area is 122 Å². The van der Waals surface area contributed by atoms with Gasteiger partial charge >= 0.3 is 0 Å². The monoisotopic (exact) mass is 303 g/mol. The Balaban J connectivity index is 2.23. The van der Waals surface area contributed by atoms with Crippen LogP contribution in [-0.2, 0) is 10.0 Å². The highest BCUT2D eigenvalue weighted by atomic mass is 32.2. The molecule has 0 bridgehead atoms. The largest absolute Gasteiger partial charge is 0.355 e. The number of sulfonamides is 1. The molecule has 0 aliphatic carbocycles. The zero-order chi connectivity index (χ0) is 15.3. The van der Waals surface area contributed by atoms with Crippen molar-refractivity contribution in [2.75, 3.05) is 16.6 Å². The standard InChI is InChI=1S/C13H13N5O2S/c1-2-15-13-16-8-12(9-17-13)21(19,20)18-11-5-3-4-10(6-11)7-14/h3-6,8-9,18H,2H2,1H3,(H,15,16,17). The molecule has 0 atom stereocenters. The van der Waals surface area contributed by atoms with E-state index in [1.165, 1.54) is 18.5 Å². The lowest BCUT2D eigenvalue weighted by Crippen LogP contribution is -2.14. The highest BCUT2D eigenvalue weighted by Gasteiger charge is 2.15. The minimum Gasteiger partial charge on any atom is -0.355 e. The molecule has 0 spiro atoms. The number of anilines is 2. The second kappa shape index (κ2) is 6.19. The van der Waals surface area contributed by atoms with Gasteiger partial charge in [0.1, 0.15) is 4.90 Å². The maximum Gasteiger partial charge on any atom is 0.264 e. The van der Waals surface area contributed by atoms with E-state index in [1.807, 2.05) is 13.0 Å². The molecule has 0 fully saturated rings. The van der Waals surface area contributed by atoms with Crippen molar-refractivity contribution in [2.45, 2.75) is 11.8 Å². The van der Waals surface area contributed by atoms with Gasteiger partial charge < -0.3 is 5.32 Å². The van der Waals surface area contributed by atoms with Crippen LogP contribution in [0.1, 0.15) is 12.5 Å². The highest BCUT2D eigenvalue weighted by Crippen LogP contribution is 2.16. The topological polar surface area (TPSA) is 108 Å². The molecule has 108 valence electrons. The van der Waals surface area contributed by atoms with Crippen LogP contribution >= 0.6 is 0 Å². The predicted molar refractivity (Wildman–Crippen MR) is 78.2 cm³/mol. The van der Waals surface area contributed by atoms with Crippen LogP contribution < -0.4 is 10.0 Å². The van der Waals surface area contributed by atoms with Gasteiger partial charge in [0.15, 0.2) is 0 Å². The number of nitrogens with zero attached hydrogens (tertiary/aromatic N) is 3. The van der Waals surface area contributed by atoms with Crippen molar-refractivity contribution < 1.29 is 8.42 Å². The van der Waals surface area contributed by atoms with Gasteiger partial charge in [0.05, 0.1) is 29.7 Å². The molecular weight excluding hydrogens is 290 g/mol. The van der Waals surface area contributed by atoms with Crippen LogP contribution in [0.25, 0.3) is 0 Å². The first-order valence-corrected chi connectivity index (χ1v) is 7.62. The van der Waals surface area contributed by atoms with Crippen molar-refractivity contribution in [3.8, 4) is 6.07 Å². The van der Waals surface area contributed by atoms with E-state index in [1.54, 1.807) is 18.2 Å². The van der Waals surface area contributed by atoms with Gasteiger partial charge in [-0.15, -0.1) is 0 Å². The Kier molecular flexibility index (Phi) is 4.35. The minimum absolute atomic E-state index is 0.0495. The molecule has 2 rings (SSSR count). The number of aromatic nitrogens is 2. The number of rotatable bonds is 5. The summed E-state index contributed by atoms with van der Waals surface area (Å²) in [6, 6.07) is 8.15. The molecule has 0 radical (unpaired) electrons. The maximum atomic E-state index is 12.2. The van der Waals surface area contributed by atoms with E-state index in [9.17, 15) is 8.42 Å². The first-order chi connectivity index (χ1) is 10.0. The van der Waals surface area contributed by atoms with Gasteiger partial charge in [-0.25, -0.2) is 18.4 Å². The Morgan fingerprint density at radius 2 is 2.00 bits per heavy atom. The van der Waals surface area contributed by atoms with E-state index in [0.717, 1.165) is 0 Å². The number of nitrogens with one attached hydrogen (secondary N) is 2. The molecule has 0 unspecified atom stereocenters. The fourth-order valence-corrected chi connectivity index (χ4v) is 2.51. The summed E-state index contributed by atoms with van der Waals surface area (Å²) in [5.74, 6) is 0.364. The van der Waals surface area contributed by atoms with Crippen molar-refractivity contribution in [3.63, 3.8) is 0 Å². The molecule has 0 amide bonds. The SMILES string of the molecule is CCNc1ncc(S(=O)(=O)Nc2cccc(C#N)c2)cn1. The molecule has 7 nitrogen and oxygen atoms in total. The molecule has 0 aliphatic rings. The fourth-order valence-electron chi connectivity index (χ4n) is 1.57. The summed E-state index contributed by atoms with van der Waals surface area (Å²) in [5.41, 5.74) is 0.679. The molecule has 0 saturated heterocycles. The van der Waals surface area contributed by atoms with E-state index < -0.39 is 10.0 Å². The van der Waals surface area contributed by atoms with Gasteiger partial charge in [-0.2, -0.15) is 5.26 Å². The summed E-state index contributed by atoms with van der Waals surface area (Å²) in [5, 5.41) is 11.7. The second-order valence-electron chi connectivity index (χ2n) is 4.07. The van der Waals surface area contributed by atoms with E-state index in [-0.39, 0.29) is 4.90 Å². The zero-order valence-electron chi connectivity index (χ0n) is 11.2. The maximum absolute atomic E-state index is 12.2. The van der Waals surface area contributed by atoms with E-state index in [2.05, 4.69) is 20.0 Å². The lowest BCUT2D eigenvalue weighted by molar-refractivity contribution is 0.600. The normalized spacial score (nSPS) is 10.7. The lowest BCUT2D eigenvalue weighted by atomic mass is 10.2. The Morgan fingerprint density at radius 1 is 1.29 bits per heavy atom. The van der Waals surface area contributed by atoms with Crippen LogP contribution in [0.5, 0.6) is 0 Å². The average Bonchev–Trinajstić information content (AvgIpc) is 2.48. The van der Waals surface area contributed by atoms with Gasteiger partial charge in [-0.05, 0) is 25.1 Å². The fraction of sp³-hybridized carbons (Fsp3) is 0.154. The molecule has 1 heterocycles. The first kappa shape index (κ1) is 14.7. The van der Waals surface area contributed by atoms with Gasteiger partial charge in [0.2, 0.25) is 5.95 Å². The summed E-state index contributed by atoms with van der Waals surface area (Å²) in [4.78, 5) is 7.78. The van der Waals surface area contributed by atoms with Gasteiger partial charge in [0, 0.05) is 6.54 Å². The molecule has 1 aromatic heterocycles. The van der Waals surface area contributed by atoms with E-state index >= 15 is 0 Å². The Morgan fingerprint density at radius 3 is 2.62 bits per heavy atom. The van der Waals surface area contributed by atoms with Crippen molar-refractivity contribution >= 4 is 21.7 Å². The molecule has 2 aromatic rings. The van der Waals surface area contributed by atoms with Crippen molar-refractivity contribution in [2.24, 2.45) is 0 Å². The van der Waals surface area contributed by atoms with Crippen LogP contribution in [0.3, 0.4) is 0 Å². The number of benzene rings is 1. The van der Waals surface area contributed by atoms with Crippen molar-refractivity contribution in [1.29, 1.82) is 5.26 Å². The summed E-state index contributed by atoms with van der Waals surface area (Å²) in [6.45, 7) is 2.53. The second-order valence-corrected chi connectivity index (χ2v) is 5.75. The van der Waals surface area contributed by atoms with E-state index in [0.29, 0.717) is 23.7 Å².